The number of hydrogen-bond acceptors (Lipinski definition) is 2. The molecular formula is C16H22BrNO. The van der Waals surface area contributed by atoms with Crippen molar-refractivity contribution in [3.63, 3.8) is 0 Å². The minimum Gasteiger partial charge on any atom is -0.492 e. The van der Waals surface area contributed by atoms with Gasteiger partial charge in [0.25, 0.3) is 0 Å². The van der Waals surface area contributed by atoms with Crippen molar-refractivity contribution in [3.05, 3.63) is 28.2 Å². The molecule has 1 aromatic carbocycles. The Balaban J connectivity index is 1.62. The van der Waals surface area contributed by atoms with E-state index in [9.17, 15) is 0 Å². The van der Waals surface area contributed by atoms with Gasteiger partial charge in [-0.2, -0.15) is 0 Å². The van der Waals surface area contributed by atoms with Gasteiger partial charge in [-0.05, 0) is 84.2 Å². The Morgan fingerprint density at radius 1 is 1.16 bits per heavy atom. The van der Waals surface area contributed by atoms with Crippen LogP contribution in [0, 0.1) is 5.92 Å². The van der Waals surface area contributed by atoms with Gasteiger partial charge in [0.15, 0.2) is 0 Å². The first-order chi connectivity index (χ1) is 9.33. The lowest BCUT2D eigenvalue weighted by Crippen LogP contribution is -2.26. The third kappa shape index (κ3) is 3.32. The van der Waals surface area contributed by atoms with Gasteiger partial charge in [0, 0.05) is 0 Å². The monoisotopic (exact) mass is 323 g/mol. The summed E-state index contributed by atoms with van der Waals surface area (Å²) in [4.78, 5) is 0. The van der Waals surface area contributed by atoms with Crippen molar-refractivity contribution in [3.8, 4) is 5.75 Å². The Bertz CT molecular complexity index is 425. The van der Waals surface area contributed by atoms with Gasteiger partial charge in [-0.15, -0.1) is 0 Å². The molecule has 3 heteroatoms. The van der Waals surface area contributed by atoms with Gasteiger partial charge in [-0.3, -0.25) is 0 Å². The maximum Gasteiger partial charge on any atom is 0.133 e. The average molecular weight is 324 g/mol. The van der Waals surface area contributed by atoms with Crippen LogP contribution in [0.4, 0.5) is 0 Å². The summed E-state index contributed by atoms with van der Waals surface area (Å²) in [6, 6.07) is 6.64. The molecule has 0 amide bonds. The van der Waals surface area contributed by atoms with E-state index in [-0.39, 0.29) is 0 Å². The first kappa shape index (κ1) is 13.4. The van der Waals surface area contributed by atoms with Crippen LogP contribution in [-0.4, -0.2) is 19.7 Å². The lowest BCUT2D eigenvalue weighted by molar-refractivity contribution is 0.180. The molecular weight excluding hydrogens is 302 g/mol. The Hall–Kier alpha value is -0.540. The largest absolute Gasteiger partial charge is 0.492 e. The van der Waals surface area contributed by atoms with Crippen molar-refractivity contribution >= 4 is 15.9 Å². The first-order valence-electron chi connectivity index (χ1n) is 7.46. The molecule has 1 N–H and O–H groups in total. The fraction of sp³-hybridized carbons (Fsp3) is 0.625. The molecule has 3 rings (SSSR count). The van der Waals surface area contributed by atoms with E-state index in [1.807, 2.05) is 0 Å². The van der Waals surface area contributed by atoms with E-state index in [1.54, 1.807) is 0 Å². The summed E-state index contributed by atoms with van der Waals surface area (Å²) in [5.74, 6) is 2.50. The molecule has 1 aromatic rings. The van der Waals surface area contributed by atoms with Crippen molar-refractivity contribution < 1.29 is 4.74 Å². The number of rotatable bonds is 4. The second-order valence-electron chi connectivity index (χ2n) is 5.82. The second kappa shape index (κ2) is 6.27. The SMILES string of the molecule is Brc1cc(C2CCNCC2)ccc1OCC1CCC1. The quantitative estimate of drug-likeness (QED) is 0.900. The minimum absolute atomic E-state index is 0.707. The summed E-state index contributed by atoms with van der Waals surface area (Å²) in [5.41, 5.74) is 1.45. The normalized spacial score (nSPS) is 21.1. The van der Waals surface area contributed by atoms with Crippen LogP contribution in [0.3, 0.4) is 0 Å². The van der Waals surface area contributed by atoms with Crippen molar-refractivity contribution in [1.82, 2.24) is 5.32 Å². The molecule has 1 saturated carbocycles. The van der Waals surface area contributed by atoms with Crippen molar-refractivity contribution in [2.75, 3.05) is 19.7 Å². The molecule has 0 bridgehead atoms. The smallest absolute Gasteiger partial charge is 0.133 e. The molecule has 0 spiro atoms. The van der Waals surface area contributed by atoms with E-state index in [0.29, 0.717) is 5.92 Å². The molecule has 0 radical (unpaired) electrons. The Morgan fingerprint density at radius 2 is 1.95 bits per heavy atom. The maximum atomic E-state index is 5.92. The van der Waals surface area contributed by atoms with Gasteiger partial charge in [-0.1, -0.05) is 12.5 Å². The van der Waals surface area contributed by atoms with E-state index in [4.69, 9.17) is 4.74 Å². The van der Waals surface area contributed by atoms with Gasteiger partial charge in [0.1, 0.15) is 5.75 Å². The van der Waals surface area contributed by atoms with Crippen LogP contribution in [0.25, 0.3) is 0 Å². The van der Waals surface area contributed by atoms with Gasteiger partial charge in [0.2, 0.25) is 0 Å². The van der Waals surface area contributed by atoms with E-state index < -0.39 is 0 Å². The van der Waals surface area contributed by atoms with E-state index in [0.717, 1.165) is 35.8 Å². The van der Waals surface area contributed by atoms with Crippen LogP contribution in [-0.2, 0) is 0 Å². The fourth-order valence-electron chi connectivity index (χ4n) is 2.91. The molecule has 1 saturated heterocycles. The van der Waals surface area contributed by atoms with Crippen molar-refractivity contribution in [2.24, 2.45) is 5.92 Å². The zero-order valence-corrected chi connectivity index (χ0v) is 12.9. The highest BCUT2D eigenvalue weighted by Crippen LogP contribution is 2.34. The molecule has 0 atom stereocenters. The summed E-state index contributed by atoms with van der Waals surface area (Å²) >= 11 is 3.66. The van der Waals surface area contributed by atoms with Crippen molar-refractivity contribution in [1.29, 1.82) is 0 Å². The van der Waals surface area contributed by atoms with E-state index in [2.05, 4.69) is 39.4 Å². The van der Waals surface area contributed by atoms with Crippen molar-refractivity contribution in [2.45, 2.75) is 38.0 Å². The standard InChI is InChI=1S/C16H22BrNO/c17-15-10-14(13-6-8-18-9-7-13)4-5-16(15)19-11-12-2-1-3-12/h4-5,10,12-13,18H,1-3,6-9,11H2. The van der Waals surface area contributed by atoms with Crippen LogP contribution in [0.2, 0.25) is 0 Å². The molecule has 1 heterocycles. The number of hydrogen-bond donors (Lipinski definition) is 1. The average Bonchev–Trinajstić information content (AvgIpc) is 2.40. The van der Waals surface area contributed by atoms with Crippen LogP contribution in [0.5, 0.6) is 5.75 Å². The highest BCUT2D eigenvalue weighted by atomic mass is 79.9. The molecule has 19 heavy (non-hydrogen) atoms. The number of nitrogens with one attached hydrogen (secondary N) is 1. The predicted molar refractivity (Wildman–Crippen MR) is 81.8 cm³/mol. The number of piperidine rings is 1. The molecule has 1 aliphatic carbocycles. The Morgan fingerprint density at radius 3 is 2.58 bits per heavy atom. The maximum absolute atomic E-state index is 5.92. The van der Waals surface area contributed by atoms with Crippen LogP contribution in [0.15, 0.2) is 22.7 Å². The summed E-state index contributed by atoms with van der Waals surface area (Å²) in [6.45, 7) is 3.16. The molecule has 2 fully saturated rings. The van der Waals surface area contributed by atoms with Gasteiger partial charge >= 0.3 is 0 Å². The number of halogens is 1. The van der Waals surface area contributed by atoms with Crippen LogP contribution < -0.4 is 10.1 Å². The molecule has 0 aromatic heterocycles. The minimum atomic E-state index is 0.707. The molecule has 2 nitrogen and oxygen atoms in total. The van der Waals surface area contributed by atoms with E-state index in [1.165, 1.54) is 37.7 Å². The highest BCUT2D eigenvalue weighted by molar-refractivity contribution is 9.10. The zero-order chi connectivity index (χ0) is 13.1. The van der Waals surface area contributed by atoms with Gasteiger partial charge < -0.3 is 10.1 Å². The van der Waals surface area contributed by atoms with Gasteiger partial charge in [-0.25, -0.2) is 0 Å². The third-order valence-electron chi connectivity index (χ3n) is 4.47. The topological polar surface area (TPSA) is 21.3 Å². The molecule has 0 unspecified atom stereocenters. The summed E-state index contributed by atoms with van der Waals surface area (Å²) < 4.78 is 7.04. The second-order valence-corrected chi connectivity index (χ2v) is 6.68. The zero-order valence-electron chi connectivity index (χ0n) is 11.3. The first-order valence-corrected chi connectivity index (χ1v) is 8.25. The lowest BCUT2D eigenvalue weighted by atomic mass is 9.86. The fourth-order valence-corrected chi connectivity index (χ4v) is 3.42. The van der Waals surface area contributed by atoms with Crippen LogP contribution >= 0.6 is 15.9 Å². The third-order valence-corrected chi connectivity index (χ3v) is 5.09. The Labute approximate surface area is 124 Å². The summed E-state index contributed by atoms with van der Waals surface area (Å²) in [5, 5.41) is 3.42. The lowest BCUT2D eigenvalue weighted by Gasteiger charge is -2.26. The number of benzene rings is 1. The molecule has 2 aliphatic rings. The predicted octanol–water partition coefficient (Wildman–Crippen LogP) is 4.10. The highest BCUT2D eigenvalue weighted by Gasteiger charge is 2.19. The molecule has 104 valence electrons. The summed E-state index contributed by atoms with van der Waals surface area (Å²) in [6.07, 6.45) is 6.54. The Kier molecular flexibility index (Phi) is 4.44. The van der Waals surface area contributed by atoms with Gasteiger partial charge in [0.05, 0.1) is 11.1 Å². The van der Waals surface area contributed by atoms with Crippen LogP contribution in [0.1, 0.15) is 43.6 Å². The summed E-state index contributed by atoms with van der Waals surface area (Å²) in [7, 11) is 0. The van der Waals surface area contributed by atoms with E-state index >= 15 is 0 Å². The molecule has 1 aliphatic heterocycles. The number of ether oxygens (including phenoxy) is 1.